The molecule has 0 aromatic carbocycles. The average molecular weight is 259 g/mol. The monoisotopic (exact) mass is 259 g/mol. The topological polar surface area (TPSA) is 67.8 Å². The van der Waals surface area contributed by atoms with Crippen LogP contribution in [0.4, 0.5) is 0 Å². The molecule has 0 aromatic heterocycles. The summed E-state index contributed by atoms with van der Waals surface area (Å²) in [6.45, 7) is 7.13. The van der Waals surface area contributed by atoms with Gasteiger partial charge in [0.2, 0.25) is 0 Å². The lowest BCUT2D eigenvalue weighted by Gasteiger charge is -2.32. The molecule has 0 bridgehead atoms. The summed E-state index contributed by atoms with van der Waals surface area (Å²) in [7, 11) is 0. The maximum absolute atomic E-state index is 10.9. The van der Waals surface area contributed by atoms with Crippen molar-refractivity contribution in [2.24, 2.45) is 0 Å². The molecule has 0 radical (unpaired) electrons. The number of carboxylic acids is 1. The van der Waals surface area contributed by atoms with Gasteiger partial charge >= 0.3 is 5.97 Å². The first-order valence-electron chi connectivity index (χ1n) is 6.76. The van der Waals surface area contributed by atoms with Gasteiger partial charge < -0.3 is 19.9 Å². The molecule has 1 heterocycles. The molecule has 3 atom stereocenters. The molecule has 106 valence electrons. The number of nitrogens with one attached hydrogen (secondary N) is 1. The molecule has 0 aromatic rings. The Morgan fingerprint density at radius 3 is 2.56 bits per heavy atom. The van der Waals surface area contributed by atoms with Gasteiger partial charge in [-0.15, -0.1) is 0 Å². The predicted octanol–water partition coefficient (Wildman–Crippen LogP) is 1.41. The van der Waals surface area contributed by atoms with Crippen LogP contribution in [0.5, 0.6) is 0 Å². The van der Waals surface area contributed by atoms with Crippen LogP contribution in [0.15, 0.2) is 0 Å². The number of ether oxygens (including phenoxy) is 2. The Hall–Kier alpha value is -0.650. The second-order valence-corrected chi connectivity index (χ2v) is 4.96. The van der Waals surface area contributed by atoms with Crippen LogP contribution in [0.1, 0.15) is 40.0 Å². The molecule has 0 spiro atoms. The van der Waals surface area contributed by atoms with Gasteiger partial charge in [-0.2, -0.15) is 0 Å². The van der Waals surface area contributed by atoms with Gasteiger partial charge in [-0.05, 0) is 39.7 Å². The molecular weight excluding hydrogens is 234 g/mol. The van der Waals surface area contributed by atoms with Crippen molar-refractivity contribution < 1.29 is 19.4 Å². The molecule has 0 saturated carbocycles. The molecule has 0 amide bonds. The normalized spacial score (nSPS) is 30.1. The summed E-state index contributed by atoms with van der Waals surface area (Å²) in [5.74, 6) is -0.811. The molecule has 2 N–H and O–H groups in total. The summed E-state index contributed by atoms with van der Waals surface area (Å²) >= 11 is 0. The van der Waals surface area contributed by atoms with Gasteiger partial charge in [0.25, 0.3) is 0 Å². The third-order valence-electron chi connectivity index (χ3n) is 3.16. The first-order chi connectivity index (χ1) is 8.52. The molecule has 1 aliphatic rings. The van der Waals surface area contributed by atoms with Gasteiger partial charge in [-0.25, -0.2) is 0 Å². The fourth-order valence-corrected chi connectivity index (χ4v) is 2.39. The van der Waals surface area contributed by atoms with Crippen molar-refractivity contribution in [1.29, 1.82) is 0 Å². The van der Waals surface area contributed by atoms with Crippen molar-refractivity contribution in [2.75, 3.05) is 13.2 Å². The summed E-state index contributed by atoms with van der Waals surface area (Å²) in [5, 5.41) is 11.9. The Bertz CT molecular complexity index is 249. The lowest BCUT2D eigenvalue weighted by atomic mass is 10.0. The van der Waals surface area contributed by atoms with Crippen LogP contribution in [0.3, 0.4) is 0 Å². The van der Waals surface area contributed by atoms with Gasteiger partial charge in [0.1, 0.15) is 6.04 Å². The highest BCUT2D eigenvalue weighted by Gasteiger charge is 2.25. The fraction of sp³-hybridized carbons (Fsp3) is 0.923. The van der Waals surface area contributed by atoms with E-state index in [1.54, 1.807) is 0 Å². The van der Waals surface area contributed by atoms with Crippen molar-refractivity contribution in [3.05, 3.63) is 0 Å². The quantitative estimate of drug-likeness (QED) is 0.723. The zero-order valence-electron chi connectivity index (χ0n) is 11.5. The lowest BCUT2D eigenvalue weighted by Crippen LogP contribution is -2.39. The summed E-state index contributed by atoms with van der Waals surface area (Å²) in [5.41, 5.74) is 0. The molecule has 1 aliphatic heterocycles. The van der Waals surface area contributed by atoms with E-state index in [1.165, 1.54) is 0 Å². The van der Waals surface area contributed by atoms with Crippen LogP contribution < -0.4 is 5.32 Å². The summed E-state index contributed by atoms with van der Waals surface area (Å²) < 4.78 is 11.4. The maximum Gasteiger partial charge on any atom is 0.320 e. The van der Waals surface area contributed by atoms with Crippen molar-refractivity contribution in [2.45, 2.75) is 64.4 Å². The minimum absolute atomic E-state index is 0.194. The van der Waals surface area contributed by atoms with E-state index in [4.69, 9.17) is 14.6 Å². The van der Waals surface area contributed by atoms with Gasteiger partial charge in [0.05, 0.1) is 18.3 Å². The Labute approximate surface area is 109 Å². The first-order valence-corrected chi connectivity index (χ1v) is 6.76. The van der Waals surface area contributed by atoms with E-state index in [0.29, 0.717) is 19.6 Å². The number of carboxylic acid groups (broad SMARTS) is 1. The standard InChI is InChI=1S/C13H25NO4/c1-4-14-12(13(15)16)5-6-17-11-7-9(2)18-10(3)8-11/h9-12,14H,4-8H2,1-3H3,(H,15,16). The SMILES string of the molecule is CCNC(CCOC1CC(C)OC(C)C1)C(=O)O. The number of carbonyl (C=O) groups is 1. The Morgan fingerprint density at radius 2 is 2.06 bits per heavy atom. The number of rotatable bonds is 7. The summed E-state index contributed by atoms with van der Waals surface area (Å²) in [6, 6.07) is -0.510. The van der Waals surface area contributed by atoms with Crippen LogP contribution >= 0.6 is 0 Å². The molecule has 5 heteroatoms. The molecule has 5 nitrogen and oxygen atoms in total. The van der Waals surface area contributed by atoms with Crippen molar-refractivity contribution in [1.82, 2.24) is 5.32 Å². The van der Waals surface area contributed by atoms with Gasteiger partial charge in [-0.3, -0.25) is 4.79 Å². The zero-order chi connectivity index (χ0) is 13.5. The number of likely N-dealkylation sites (N-methyl/N-ethyl adjacent to an activating group) is 1. The van der Waals surface area contributed by atoms with Crippen molar-refractivity contribution in [3.8, 4) is 0 Å². The van der Waals surface area contributed by atoms with Crippen LogP contribution in [0.25, 0.3) is 0 Å². The lowest BCUT2D eigenvalue weighted by molar-refractivity contribution is -0.141. The van der Waals surface area contributed by atoms with Crippen LogP contribution in [0.2, 0.25) is 0 Å². The number of aliphatic carboxylic acids is 1. The van der Waals surface area contributed by atoms with Crippen LogP contribution in [0, 0.1) is 0 Å². The van der Waals surface area contributed by atoms with E-state index >= 15 is 0 Å². The predicted molar refractivity (Wildman–Crippen MR) is 68.7 cm³/mol. The largest absolute Gasteiger partial charge is 0.480 e. The first kappa shape index (κ1) is 15.4. The van der Waals surface area contributed by atoms with E-state index in [0.717, 1.165) is 12.8 Å². The highest BCUT2D eigenvalue weighted by atomic mass is 16.5. The number of hydrogen-bond donors (Lipinski definition) is 2. The van der Waals surface area contributed by atoms with Gasteiger partial charge in [-0.1, -0.05) is 6.92 Å². The fourth-order valence-electron chi connectivity index (χ4n) is 2.39. The van der Waals surface area contributed by atoms with E-state index in [-0.39, 0.29) is 18.3 Å². The summed E-state index contributed by atoms with van der Waals surface area (Å²) in [4.78, 5) is 10.9. The Balaban J connectivity index is 2.25. The molecule has 18 heavy (non-hydrogen) atoms. The third-order valence-corrected chi connectivity index (χ3v) is 3.16. The zero-order valence-corrected chi connectivity index (χ0v) is 11.5. The highest BCUT2D eigenvalue weighted by molar-refractivity contribution is 5.73. The third kappa shape index (κ3) is 5.33. The highest BCUT2D eigenvalue weighted by Crippen LogP contribution is 2.21. The van der Waals surface area contributed by atoms with E-state index in [1.807, 2.05) is 20.8 Å². The number of hydrogen-bond acceptors (Lipinski definition) is 4. The molecule has 3 unspecified atom stereocenters. The average Bonchev–Trinajstić information content (AvgIpc) is 2.26. The van der Waals surface area contributed by atoms with Gasteiger partial charge in [0, 0.05) is 6.61 Å². The van der Waals surface area contributed by atoms with Crippen LogP contribution in [-0.4, -0.2) is 48.6 Å². The summed E-state index contributed by atoms with van der Waals surface area (Å²) in [6.07, 6.45) is 2.93. The minimum Gasteiger partial charge on any atom is -0.480 e. The molecular formula is C13H25NO4. The second kappa shape index (κ2) is 7.71. The Kier molecular flexibility index (Phi) is 6.60. The van der Waals surface area contributed by atoms with E-state index in [9.17, 15) is 4.79 Å². The molecule has 1 rings (SSSR count). The van der Waals surface area contributed by atoms with E-state index < -0.39 is 12.0 Å². The van der Waals surface area contributed by atoms with Crippen molar-refractivity contribution >= 4 is 5.97 Å². The maximum atomic E-state index is 10.9. The van der Waals surface area contributed by atoms with Crippen LogP contribution in [-0.2, 0) is 14.3 Å². The molecule has 1 saturated heterocycles. The smallest absolute Gasteiger partial charge is 0.320 e. The van der Waals surface area contributed by atoms with E-state index in [2.05, 4.69) is 5.32 Å². The molecule has 0 aliphatic carbocycles. The van der Waals surface area contributed by atoms with Gasteiger partial charge in [0.15, 0.2) is 0 Å². The molecule has 1 fully saturated rings. The minimum atomic E-state index is -0.811. The Morgan fingerprint density at radius 1 is 1.44 bits per heavy atom. The second-order valence-electron chi connectivity index (χ2n) is 4.96. The van der Waals surface area contributed by atoms with Crippen molar-refractivity contribution in [3.63, 3.8) is 0 Å².